The first-order chi connectivity index (χ1) is 7.78. The predicted octanol–water partition coefficient (Wildman–Crippen LogP) is 1.17. The Morgan fingerprint density at radius 3 is 3.06 bits per heavy atom. The van der Waals surface area contributed by atoms with Gasteiger partial charge in [0.2, 0.25) is 0 Å². The Labute approximate surface area is 101 Å². The Morgan fingerprint density at radius 2 is 2.38 bits per heavy atom. The molecule has 0 saturated carbocycles. The van der Waals surface area contributed by atoms with E-state index in [4.69, 9.17) is 11.6 Å². The van der Waals surface area contributed by atoms with Gasteiger partial charge in [0.25, 0.3) is 0 Å². The maximum Gasteiger partial charge on any atom is 0.147 e. The summed E-state index contributed by atoms with van der Waals surface area (Å²) in [7, 11) is 2.01. The Kier molecular flexibility index (Phi) is 4.09. The van der Waals surface area contributed by atoms with E-state index in [0.29, 0.717) is 5.15 Å². The molecule has 88 valence electrons. The zero-order valence-corrected chi connectivity index (χ0v) is 10.2. The largest absolute Gasteiger partial charge is 0.319 e. The van der Waals surface area contributed by atoms with Crippen LogP contribution in [0.25, 0.3) is 0 Å². The van der Waals surface area contributed by atoms with E-state index in [1.54, 1.807) is 12.4 Å². The summed E-state index contributed by atoms with van der Waals surface area (Å²) in [4.78, 5) is 10.7. The Balaban J connectivity index is 1.84. The van der Waals surface area contributed by atoms with Crippen LogP contribution < -0.4 is 5.32 Å². The molecule has 0 aliphatic carbocycles. The molecule has 1 aliphatic heterocycles. The molecule has 5 heteroatoms. The zero-order valence-electron chi connectivity index (χ0n) is 9.49. The molecule has 1 saturated heterocycles. The maximum absolute atomic E-state index is 5.70. The molecule has 1 unspecified atom stereocenters. The average Bonchev–Trinajstić information content (AvgIpc) is 2.70. The molecule has 0 aromatic carbocycles. The van der Waals surface area contributed by atoms with E-state index in [-0.39, 0.29) is 0 Å². The zero-order chi connectivity index (χ0) is 11.4. The first kappa shape index (κ1) is 11.8. The van der Waals surface area contributed by atoms with Crippen molar-refractivity contribution in [3.05, 3.63) is 23.2 Å². The van der Waals surface area contributed by atoms with Gasteiger partial charge in [-0.1, -0.05) is 11.6 Å². The lowest BCUT2D eigenvalue weighted by atomic mass is 10.1. The highest BCUT2D eigenvalue weighted by atomic mass is 35.5. The fourth-order valence-corrected chi connectivity index (χ4v) is 2.26. The van der Waals surface area contributed by atoms with Crippen molar-refractivity contribution < 1.29 is 0 Å². The topological polar surface area (TPSA) is 41.0 Å². The molecule has 0 spiro atoms. The van der Waals surface area contributed by atoms with Crippen LogP contribution in [0.4, 0.5) is 0 Å². The third-order valence-corrected chi connectivity index (χ3v) is 3.12. The fraction of sp³-hybridized carbons (Fsp3) is 0.636. The number of halogens is 1. The van der Waals surface area contributed by atoms with Gasteiger partial charge in [-0.3, -0.25) is 9.88 Å². The van der Waals surface area contributed by atoms with Crippen LogP contribution in [0.1, 0.15) is 12.1 Å². The third kappa shape index (κ3) is 3.14. The smallest absolute Gasteiger partial charge is 0.147 e. The van der Waals surface area contributed by atoms with Crippen LogP contribution in [0.5, 0.6) is 0 Å². The molecule has 0 bridgehead atoms. The van der Waals surface area contributed by atoms with Gasteiger partial charge in [0.05, 0.1) is 18.1 Å². The highest BCUT2D eigenvalue weighted by Crippen LogP contribution is 2.17. The second-order valence-corrected chi connectivity index (χ2v) is 4.67. The summed E-state index contributed by atoms with van der Waals surface area (Å²) in [6.07, 6.45) is 4.63. The minimum Gasteiger partial charge on any atom is -0.319 e. The maximum atomic E-state index is 5.70. The average molecular weight is 241 g/mol. The van der Waals surface area contributed by atoms with E-state index >= 15 is 0 Å². The number of rotatable bonds is 4. The Bertz CT molecular complexity index is 327. The standard InChI is InChI=1S/C11H17ClN4/c1-13-4-9-2-3-16(7-9)8-10-5-15-11(12)6-14-10/h5-6,9,13H,2-4,7-8H2,1H3. The Morgan fingerprint density at radius 1 is 1.50 bits per heavy atom. The van der Waals surface area contributed by atoms with Gasteiger partial charge in [0, 0.05) is 13.1 Å². The van der Waals surface area contributed by atoms with Crippen molar-refractivity contribution in [3.63, 3.8) is 0 Å². The van der Waals surface area contributed by atoms with Gasteiger partial charge >= 0.3 is 0 Å². The molecule has 1 fully saturated rings. The van der Waals surface area contributed by atoms with Crippen molar-refractivity contribution in [2.75, 3.05) is 26.7 Å². The number of nitrogens with zero attached hydrogens (tertiary/aromatic N) is 3. The molecule has 1 aromatic rings. The number of likely N-dealkylation sites (tertiary alicyclic amines) is 1. The normalized spacial score (nSPS) is 21.5. The molecule has 16 heavy (non-hydrogen) atoms. The van der Waals surface area contributed by atoms with E-state index in [1.807, 2.05) is 7.05 Å². The van der Waals surface area contributed by atoms with Gasteiger partial charge in [0.15, 0.2) is 0 Å². The molecule has 0 radical (unpaired) electrons. The number of hydrogen-bond acceptors (Lipinski definition) is 4. The van der Waals surface area contributed by atoms with Crippen LogP contribution in [0.15, 0.2) is 12.4 Å². The minimum absolute atomic E-state index is 0.457. The third-order valence-electron chi connectivity index (χ3n) is 2.92. The molecule has 1 aromatic heterocycles. The molecule has 0 amide bonds. The van der Waals surface area contributed by atoms with Crippen LogP contribution in [0.2, 0.25) is 5.15 Å². The highest BCUT2D eigenvalue weighted by molar-refractivity contribution is 6.29. The second-order valence-electron chi connectivity index (χ2n) is 4.28. The van der Waals surface area contributed by atoms with Crippen LogP contribution in [-0.4, -0.2) is 41.5 Å². The first-order valence-electron chi connectivity index (χ1n) is 5.61. The molecule has 1 aliphatic rings. The van der Waals surface area contributed by atoms with E-state index in [1.165, 1.54) is 6.42 Å². The van der Waals surface area contributed by atoms with Crippen LogP contribution in [-0.2, 0) is 6.54 Å². The van der Waals surface area contributed by atoms with E-state index in [9.17, 15) is 0 Å². The van der Waals surface area contributed by atoms with Crippen LogP contribution >= 0.6 is 11.6 Å². The summed E-state index contributed by atoms with van der Waals surface area (Å²) in [6.45, 7) is 4.27. The lowest BCUT2D eigenvalue weighted by Gasteiger charge is -2.15. The number of nitrogens with one attached hydrogen (secondary N) is 1. The second kappa shape index (κ2) is 5.57. The monoisotopic (exact) mass is 240 g/mol. The minimum atomic E-state index is 0.457. The summed E-state index contributed by atoms with van der Waals surface area (Å²) < 4.78 is 0. The molecular formula is C11H17ClN4. The summed E-state index contributed by atoms with van der Waals surface area (Å²) in [5.74, 6) is 0.769. The van der Waals surface area contributed by atoms with Crippen molar-refractivity contribution in [2.24, 2.45) is 5.92 Å². The van der Waals surface area contributed by atoms with Crippen molar-refractivity contribution in [2.45, 2.75) is 13.0 Å². The molecular weight excluding hydrogens is 224 g/mol. The van der Waals surface area contributed by atoms with Crippen molar-refractivity contribution in [1.82, 2.24) is 20.2 Å². The van der Waals surface area contributed by atoms with Gasteiger partial charge in [-0.2, -0.15) is 0 Å². The van der Waals surface area contributed by atoms with E-state index < -0.39 is 0 Å². The Hall–Kier alpha value is -0.710. The van der Waals surface area contributed by atoms with Gasteiger partial charge in [0.1, 0.15) is 5.15 Å². The van der Waals surface area contributed by atoms with Gasteiger partial charge in [-0.15, -0.1) is 0 Å². The molecule has 2 rings (SSSR count). The van der Waals surface area contributed by atoms with Crippen molar-refractivity contribution in [3.8, 4) is 0 Å². The quantitative estimate of drug-likeness (QED) is 0.858. The summed E-state index contributed by atoms with van der Waals surface area (Å²) >= 11 is 5.70. The molecule has 1 N–H and O–H groups in total. The van der Waals surface area contributed by atoms with Crippen molar-refractivity contribution >= 4 is 11.6 Å². The number of aromatic nitrogens is 2. The lowest BCUT2D eigenvalue weighted by Crippen LogP contribution is -2.24. The SMILES string of the molecule is CNCC1CCN(Cc2cnc(Cl)cn2)C1. The van der Waals surface area contributed by atoms with Gasteiger partial charge in [-0.05, 0) is 32.5 Å². The summed E-state index contributed by atoms with van der Waals surface area (Å²) in [5.41, 5.74) is 0.995. The summed E-state index contributed by atoms with van der Waals surface area (Å²) in [5, 5.41) is 3.69. The van der Waals surface area contributed by atoms with Gasteiger partial charge < -0.3 is 5.32 Å². The lowest BCUT2D eigenvalue weighted by molar-refractivity contribution is 0.311. The predicted molar refractivity (Wildman–Crippen MR) is 64.4 cm³/mol. The fourth-order valence-electron chi connectivity index (χ4n) is 2.16. The van der Waals surface area contributed by atoms with Crippen LogP contribution in [0.3, 0.4) is 0 Å². The van der Waals surface area contributed by atoms with E-state index in [2.05, 4.69) is 20.2 Å². The number of hydrogen-bond donors (Lipinski definition) is 1. The molecule has 2 heterocycles. The van der Waals surface area contributed by atoms with Crippen LogP contribution in [0, 0.1) is 5.92 Å². The molecule has 1 atom stereocenters. The summed E-state index contributed by atoms with van der Waals surface area (Å²) in [6, 6.07) is 0. The highest BCUT2D eigenvalue weighted by Gasteiger charge is 2.21. The first-order valence-corrected chi connectivity index (χ1v) is 5.99. The molecule has 4 nitrogen and oxygen atoms in total. The van der Waals surface area contributed by atoms with Crippen molar-refractivity contribution in [1.29, 1.82) is 0 Å². The van der Waals surface area contributed by atoms with E-state index in [0.717, 1.165) is 37.8 Å². The van der Waals surface area contributed by atoms with Gasteiger partial charge in [-0.25, -0.2) is 4.98 Å².